The highest BCUT2D eigenvalue weighted by atomic mass is 79.9. The first kappa shape index (κ1) is 15.1. The number of carbonyl (C=O) groups excluding carboxylic acids is 1. The first-order valence-corrected chi connectivity index (χ1v) is 7.48. The summed E-state index contributed by atoms with van der Waals surface area (Å²) >= 11 is 8.78. The summed E-state index contributed by atoms with van der Waals surface area (Å²) in [5, 5.41) is 2.47. The monoisotopic (exact) mass is 355 g/mol. The molecule has 6 nitrogen and oxygen atoms in total. The van der Waals surface area contributed by atoms with Crippen molar-refractivity contribution in [1.29, 1.82) is 0 Å². The van der Waals surface area contributed by atoms with Crippen molar-refractivity contribution in [1.82, 2.24) is 10.0 Å². The molecule has 2 amide bonds. The third kappa shape index (κ3) is 3.50. The van der Waals surface area contributed by atoms with Crippen LogP contribution in [-0.2, 0) is 10.0 Å². The van der Waals surface area contributed by atoms with Crippen molar-refractivity contribution in [3.8, 4) is 0 Å². The number of nitrogens with two attached hydrogens (primary N) is 1. The van der Waals surface area contributed by atoms with Crippen molar-refractivity contribution in [2.45, 2.75) is 11.8 Å². The van der Waals surface area contributed by atoms with Gasteiger partial charge in [-0.15, -0.1) is 0 Å². The van der Waals surface area contributed by atoms with Gasteiger partial charge in [-0.25, -0.2) is 17.9 Å². The molecule has 1 rings (SSSR count). The van der Waals surface area contributed by atoms with Gasteiger partial charge in [0.15, 0.2) is 0 Å². The molecule has 0 heterocycles. The second-order valence-electron chi connectivity index (χ2n) is 3.27. The van der Waals surface area contributed by atoms with Gasteiger partial charge in [0.2, 0.25) is 0 Å². The molecule has 0 aliphatic rings. The number of hydrogen-bond acceptors (Lipinski definition) is 4. The summed E-state index contributed by atoms with van der Waals surface area (Å²) in [5.41, 5.74) is 5.75. The number of benzene rings is 1. The molecule has 100 valence electrons. The van der Waals surface area contributed by atoms with E-state index in [2.05, 4.69) is 21.2 Å². The lowest BCUT2D eigenvalue weighted by atomic mass is 10.3. The van der Waals surface area contributed by atoms with Crippen LogP contribution in [0.3, 0.4) is 0 Å². The van der Waals surface area contributed by atoms with E-state index in [0.717, 1.165) is 0 Å². The van der Waals surface area contributed by atoms with Gasteiger partial charge in [0.1, 0.15) is 4.90 Å². The highest BCUT2D eigenvalue weighted by Gasteiger charge is 2.22. The van der Waals surface area contributed by atoms with Crippen molar-refractivity contribution >= 4 is 49.3 Å². The van der Waals surface area contributed by atoms with Crippen LogP contribution in [0.5, 0.6) is 0 Å². The maximum Gasteiger partial charge on any atom is 0.328 e. The van der Waals surface area contributed by atoms with Gasteiger partial charge in [-0.3, -0.25) is 0 Å². The Morgan fingerprint density at radius 1 is 1.50 bits per heavy atom. The molecule has 0 unspecified atom stereocenters. The van der Waals surface area contributed by atoms with Gasteiger partial charge in [-0.1, -0.05) is 11.6 Å². The molecule has 0 radical (unpaired) electrons. The van der Waals surface area contributed by atoms with Crippen LogP contribution in [-0.4, -0.2) is 21.0 Å². The van der Waals surface area contributed by atoms with E-state index in [1.807, 2.05) is 4.72 Å². The molecule has 18 heavy (non-hydrogen) atoms. The van der Waals surface area contributed by atoms with E-state index in [0.29, 0.717) is 6.54 Å². The van der Waals surface area contributed by atoms with E-state index in [1.165, 1.54) is 12.1 Å². The smallest absolute Gasteiger partial charge is 0.328 e. The first-order chi connectivity index (χ1) is 8.27. The van der Waals surface area contributed by atoms with E-state index in [9.17, 15) is 13.2 Å². The van der Waals surface area contributed by atoms with Crippen LogP contribution >= 0.6 is 27.5 Å². The normalized spacial score (nSPS) is 11.1. The molecule has 0 saturated heterocycles. The summed E-state index contributed by atoms with van der Waals surface area (Å²) in [6.45, 7) is 1.97. The predicted octanol–water partition coefficient (Wildman–Crippen LogP) is 1.69. The highest BCUT2D eigenvalue weighted by molar-refractivity contribution is 9.10. The van der Waals surface area contributed by atoms with E-state index in [-0.39, 0.29) is 20.1 Å². The quantitative estimate of drug-likeness (QED) is 0.717. The van der Waals surface area contributed by atoms with Crippen molar-refractivity contribution in [3.63, 3.8) is 0 Å². The maximum absolute atomic E-state index is 11.9. The predicted molar refractivity (Wildman–Crippen MR) is 73.0 cm³/mol. The molecule has 4 N–H and O–H groups in total. The minimum absolute atomic E-state index is 0.156. The number of nitrogens with one attached hydrogen (secondary N) is 2. The van der Waals surface area contributed by atoms with Crippen LogP contribution in [0.4, 0.5) is 10.5 Å². The van der Waals surface area contributed by atoms with E-state index < -0.39 is 16.1 Å². The lowest BCUT2D eigenvalue weighted by Crippen LogP contribution is -2.39. The van der Waals surface area contributed by atoms with Crippen molar-refractivity contribution in [3.05, 3.63) is 21.6 Å². The van der Waals surface area contributed by atoms with Gasteiger partial charge in [0.25, 0.3) is 10.0 Å². The summed E-state index contributed by atoms with van der Waals surface area (Å²) in [5.74, 6) is 0. The van der Waals surface area contributed by atoms with Gasteiger partial charge in [0.05, 0.1) is 4.47 Å². The van der Waals surface area contributed by atoms with Gasteiger partial charge in [-0.2, -0.15) is 0 Å². The number of halogens is 2. The number of carbonyl (C=O) groups is 1. The largest absolute Gasteiger partial charge is 0.398 e. The number of rotatable bonds is 3. The second kappa shape index (κ2) is 5.77. The van der Waals surface area contributed by atoms with Crippen LogP contribution in [0.15, 0.2) is 21.5 Å². The SMILES string of the molecule is CCNC(=O)NS(=O)(=O)c1cc(Cl)cc(N)c1Br. The standard InChI is InChI=1S/C9H11BrClN3O3S/c1-2-13-9(15)14-18(16,17)7-4-5(11)3-6(12)8(7)10/h3-4H,2,12H2,1H3,(H2,13,14,15). The molecule has 9 heteroatoms. The van der Waals surface area contributed by atoms with Crippen molar-refractivity contribution in [2.24, 2.45) is 0 Å². The summed E-state index contributed by atoms with van der Waals surface area (Å²) < 4.78 is 25.9. The molecule has 1 aromatic rings. The summed E-state index contributed by atoms with van der Waals surface area (Å²) in [6.07, 6.45) is 0. The van der Waals surface area contributed by atoms with E-state index in [4.69, 9.17) is 17.3 Å². The zero-order valence-electron chi connectivity index (χ0n) is 9.33. The number of amides is 2. The topological polar surface area (TPSA) is 101 Å². The fraction of sp³-hybridized carbons (Fsp3) is 0.222. The minimum Gasteiger partial charge on any atom is -0.398 e. The molecular formula is C9H11BrClN3O3S. The number of hydrogen-bond donors (Lipinski definition) is 3. The zero-order chi connectivity index (χ0) is 13.9. The molecule has 0 fully saturated rings. The fourth-order valence-corrected chi connectivity index (χ4v) is 3.38. The Balaban J connectivity index is 3.17. The van der Waals surface area contributed by atoms with Crippen molar-refractivity contribution < 1.29 is 13.2 Å². The third-order valence-corrected chi connectivity index (χ3v) is 4.61. The van der Waals surface area contributed by atoms with Crippen LogP contribution in [0.2, 0.25) is 5.02 Å². The molecular weight excluding hydrogens is 346 g/mol. The number of urea groups is 1. The maximum atomic E-state index is 11.9. The molecule has 0 saturated carbocycles. The molecule has 0 bridgehead atoms. The summed E-state index contributed by atoms with van der Waals surface area (Å²) in [4.78, 5) is 11.0. The molecule has 0 atom stereocenters. The molecule has 1 aromatic carbocycles. The Kier molecular flexibility index (Phi) is 4.83. The van der Waals surface area contributed by atoms with Gasteiger partial charge < -0.3 is 11.1 Å². The molecule has 0 aromatic heterocycles. The number of anilines is 1. The Labute approximate surface area is 118 Å². The van der Waals surface area contributed by atoms with Crippen LogP contribution < -0.4 is 15.8 Å². The van der Waals surface area contributed by atoms with Crippen LogP contribution in [0, 0.1) is 0 Å². The Morgan fingerprint density at radius 3 is 2.67 bits per heavy atom. The van der Waals surface area contributed by atoms with Gasteiger partial charge >= 0.3 is 6.03 Å². The minimum atomic E-state index is -4.03. The average molecular weight is 357 g/mol. The molecule has 0 spiro atoms. The van der Waals surface area contributed by atoms with Crippen molar-refractivity contribution in [2.75, 3.05) is 12.3 Å². The first-order valence-electron chi connectivity index (χ1n) is 4.83. The highest BCUT2D eigenvalue weighted by Crippen LogP contribution is 2.31. The Morgan fingerprint density at radius 2 is 2.11 bits per heavy atom. The lowest BCUT2D eigenvalue weighted by molar-refractivity contribution is 0.246. The fourth-order valence-electron chi connectivity index (χ4n) is 1.15. The summed E-state index contributed by atoms with van der Waals surface area (Å²) in [6, 6.07) is 1.78. The number of sulfonamides is 1. The van der Waals surface area contributed by atoms with Crippen LogP contribution in [0.25, 0.3) is 0 Å². The third-order valence-electron chi connectivity index (χ3n) is 1.89. The van der Waals surface area contributed by atoms with Crippen LogP contribution in [0.1, 0.15) is 6.92 Å². The second-order valence-corrected chi connectivity index (χ2v) is 6.15. The molecule has 0 aliphatic carbocycles. The average Bonchev–Trinajstić information content (AvgIpc) is 2.22. The Hall–Kier alpha value is -0.990. The van der Waals surface area contributed by atoms with E-state index in [1.54, 1.807) is 6.92 Å². The number of nitrogen functional groups attached to an aromatic ring is 1. The Bertz CT molecular complexity index is 577. The van der Waals surface area contributed by atoms with Gasteiger partial charge in [-0.05, 0) is 35.0 Å². The zero-order valence-corrected chi connectivity index (χ0v) is 12.5. The molecule has 0 aliphatic heterocycles. The summed E-state index contributed by atoms with van der Waals surface area (Å²) in [7, 11) is -4.03. The lowest BCUT2D eigenvalue weighted by Gasteiger charge is -2.10. The van der Waals surface area contributed by atoms with Gasteiger partial charge in [0, 0.05) is 17.3 Å². The van der Waals surface area contributed by atoms with E-state index >= 15 is 0 Å².